The third kappa shape index (κ3) is 5.82. The second-order valence-electron chi connectivity index (χ2n) is 10.4. The first kappa shape index (κ1) is 27.0. The van der Waals surface area contributed by atoms with Gasteiger partial charge in [0.1, 0.15) is 11.6 Å². The lowest BCUT2D eigenvalue weighted by atomic mass is 9.95. The molecule has 10 heteroatoms. The monoisotopic (exact) mass is 571 g/mol. The van der Waals surface area contributed by atoms with Crippen LogP contribution in [0.1, 0.15) is 36.1 Å². The molecule has 2 atom stereocenters. The number of nitrogens with one attached hydrogen (secondary N) is 2. The van der Waals surface area contributed by atoms with Crippen LogP contribution >= 0.6 is 11.6 Å². The van der Waals surface area contributed by atoms with Crippen molar-refractivity contribution in [2.45, 2.75) is 32.5 Å². The van der Waals surface area contributed by atoms with E-state index in [0.717, 1.165) is 29.9 Å². The van der Waals surface area contributed by atoms with Crippen LogP contribution in [0.25, 0.3) is 11.3 Å². The highest BCUT2D eigenvalue weighted by Gasteiger charge is 2.25. The second-order valence-corrected chi connectivity index (χ2v) is 10.8. The van der Waals surface area contributed by atoms with Crippen LogP contribution in [-0.4, -0.2) is 52.1 Å². The van der Waals surface area contributed by atoms with E-state index in [1.807, 2.05) is 30.5 Å². The van der Waals surface area contributed by atoms with Crippen molar-refractivity contribution in [1.29, 1.82) is 0 Å². The Kier molecular flexibility index (Phi) is 7.47. The van der Waals surface area contributed by atoms with E-state index in [1.54, 1.807) is 24.4 Å². The number of nitrogens with zero attached hydrogens (tertiary/aromatic N) is 5. The molecule has 0 aliphatic carbocycles. The van der Waals surface area contributed by atoms with Gasteiger partial charge in [-0.1, -0.05) is 35.9 Å². The molecule has 4 aromatic rings. The zero-order valence-electron chi connectivity index (χ0n) is 22.6. The fraction of sp³-hybridized carbons (Fsp3) is 0.226. The molecule has 2 unspecified atom stereocenters. The minimum atomic E-state index is -0.695. The van der Waals surface area contributed by atoms with Crippen LogP contribution in [0.5, 0.6) is 0 Å². The van der Waals surface area contributed by atoms with E-state index in [-0.39, 0.29) is 17.8 Å². The summed E-state index contributed by atoms with van der Waals surface area (Å²) >= 11 is 6.32. The summed E-state index contributed by atoms with van der Waals surface area (Å²) in [4.78, 5) is 13.8. The summed E-state index contributed by atoms with van der Waals surface area (Å²) in [7, 11) is 0. The Morgan fingerprint density at radius 3 is 2.46 bits per heavy atom. The molecule has 0 bridgehead atoms. The third-order valence-electron chi connectivity index (χ3n) is 7.04. The highest BCUT2D eigenvalue weighted by molar-refractivity contribution is 6.31. The molecule has 2 N–H and O–H groups in total. The van der Waals surface area contributed by atoms with Crippen molar-refractivity contribution in [3.63, 3.8) is 0 Å². The van der Waals surface area contributed by atoms with Gasteiger partial charge in [-0.3, -0.25) is 10.0 Å². The van der Waals surface area contributed by atoms with Crippen molar-refractivity contribution >= 4 is 35.2 Å². The number of aliphatic imine (C=N–C) groups is 1. The average molecular weight is 572 g/mol. The summed E-state index contributed by atoms with van der Waals surface area (Å²) in [5, 5.41) is 13.9. The molecule has 6 rings (SSSR count). The summed E-state index contributed by atoms with van der Waals surface area (Å²) < 4.78 is 29.6. The number of benzene rings is 3. The van der Waals surface area contributed by atoms with Gasteiger partial charge >= 0.3 is 0 Å². The highest BCUT2D eigenvalue weighted by Crippen LogP contribution is 2.34. The number of hydrazone groups is 1. The maximum absolute atomic E-state index is 14.8. The van der Waals surface area contributed by atoms with E-state index in [9.17, 15) is 8.78 Å². The Morgan fingerprint density at radius 1 is 1.00 bits per heavy atom. The van der Waals surface area contributed by atoms with Crippen LogP contribution in [0, 0.1) is 11.6 Å². The molecule has 3 heterocycles. The standard InChI is InChI=1S/C31H28ClF2N7/c1-18-16-41(17-19(2)38-18)37-13-20-6-9-23(10-7-20)39-31-36-15-21-14-35-30(28-26(33)4-3-5-27(28)34)25-12-22(32)8-11-24(25)29(21)40-31/h3-13,15,18-19,38H,14,16-17H2,1-2H3,(H,36,39,40). The van der Waals surface area contributed by atoms with Crippen molar-refractivity contribution in [1.82, 2.24) is 20.3 Å². The van der Waals surface area contributed by atoms with Gasteiger partial charge in [0.2, 0.25) is 5.95 Å². The van der Waals surface area contributed by atoms with E-state index in [2.05, 4.69) is 44.6 Å². The fourth-order valence-electron chi connectivity index (χ4n) is 5.24. The van der Waals surface area contributed by atoms with Gasteiger partial charge in [0, 0.05) is 45.7 Å². The Balaban J connectivity index is 1.26. The van der Waals surface area contributed by atoms with Crippen LogP contribution in [0.2, 0.25) is 5.02 Å². The molecular weight excluding hydrogens is 544 g/mol. The molecule has 0 radical (unpaired) electrons. The lowest BCUT2D eigenvalue weighted by Gasteiger charge is -2.34. The van der Waals surface area contributed by atoms with Gasteiger partial charge in [0.15, 0.2) is 0 Å². The van der Waals surface area contributed by atoms with Crippen LogP contribution in [0.3, 0.4) is 0 Å². The Bertz CT molecular complexity index is 1630. The second kappa shape index (κ2) is 11.3. The molecule has 3 aromatic carbocycles. The molecule has 1 saturated heterocycles. The van der Waals surface area contributed by atoms with Gasteiger partial charge < -0.3 is 10.6 Å². The minimum absolute atomic E-state index is 0.156. The third-order valence-corrected chi connectivity index (χ3v) is 7.27. The molecule has 0 spiro atoms. The Hall–Kier alpha value is -4.21. The van der Waals surface area contributed by atoms with Crippen molar-refractivity contribution < 1.29 is 8.78 Å². The molecule has 7 nitrogen and oxygen atoms in total. The van der Waals surface area contributed by atoms with Crippen molar-refractivity contribution in [3.8, 4) is 11.3 Å². The van der Waals surface area contributed by atoms with Gasteiger partial charge in [0.05, 0.1) is 42.8 Å². The smallest absolute Gasteiger partial charge is 0.227 e. The molecule has 0 amide bonds. The SMILES string of the molecule is CC1CN(N=Cc2ccc(Nc3ncc4c(n3)-c3ccc(Cl)cc3C(c3c(F)cccc3F)=NC4)cc2)CC(C)N1. The molecule has 2 aliphatic rings. The van der Waals surface area contributed by atoms with Crippen LogP contribution in [-0.2, 0) is 6.54 Å². The summed E-state index contributed by atoms with van der Waals surface area (Å²) in [6.45, 7) is 6.21. The lowest BCUT2D eigenvalue weighted by Crippen LogP contribution is -2.52. The number of halogens is 3. The van der Waals surface area contributed by atoms with Crippen LogP contribution < -0.4 is 10.6 Å². The van der Waals surface area contributed by atoms with Gasteiger partial charge in [-0.15, -0.1) is 0 Å². The van der Waals surface area contributed by atoms with E-state index in [1.165, 1.54) is 18.2 Å². The van der Waals surface area contributed by atoms with E-state index < -0.39 is 11.6 Å². The topological polar surface area (TPSA) is 77.8 Å². The Morgan fingerprint density at radius 2 is 1.73 bits per heavy atom. The zero-order chi connectivity index (χ0) is 28.5. The number of piperazine rings is 1. The predicted molar refractivity (Wildman–Crippen MR) is 159 cm³/mol. The van der Waals surface area contributed by atoms with Crippen LogP contribution in [0.15, 0.2) is 77.0 Å². The molecule has 1 fully saturated rings. The summed E-state index contributed by atoms with van der Waals surface area (Å²) in [5.74, 6) is -1.00. The van der Waals surface area contributed by atoms with E-state index in [4.69, 9.17) is 16.6 Å². The first-order valence-corrected chi connectivity index (χ1v) is 13.8. The number of aromatic nitrogens is 2. The minimum Gasteiger partial charge on any atom is -0.324 e. The first-order chi connectivity index (χ1) is 19.8. The number of rotatable bonds is 5. The molecule has 0 saturated carbocycles. The van der Waals surface area contributed by atoms with Crippen molar-refractivity contribution in [3.05, 3.63) is 106 Å². The number of anilines is 2. The lowest BCUT2D eigenvalue weighted by molar-refractivity contribution is 0.181. The summed E-state index contributed by atoms with van der Waals surface area (Å²) in [6.07, 6.45) is 3.55. The van der Waals surface area contributed by atoms with Crippen LogP contribution in [0.4, 0.5) is 20.4 Å². The van der Waals surface area contributed by atoms with Crippen molar-refractivity contribution in [2.24, 2.45) is 10.1 Å². The molecule has 1 aromatic heterocycles. The first-order valence-electron chi connectivity index (χ1n) is 13.4. The summed E-state index contributed by atoms with van der Waals surface area (Å²) in [6, 6.07) is 17.6. The van der Waals surface area contributed by atoms with Gasteiger partial charge in [-0.25, -0.2) is 18.7 Å². The highest BCUT2D eigenvalue weighted by atomic mass is 35.5. The molecule has 208 valence electrons. The van der Waals surface area contributed by atoms with E-state index in [0.29, 0.717) is 39.9 Å². The number of hydrogen-bond donors (Lipinski definition) is 2. The van der Waals surface area contributed by atoms with E-state index >= 15 is 0 Å². The quantitative estimate of drug-likeness (QED) is 0.280. The molecule has 2 aliphatic heterocycles. The van der Waals surface area contributed by atoms with Gasteiger partial charge in [0.25, 0.3) is 0 Å². The maximum Gasteiger partial charge on any atom is 0.227 e. The normalized spacial score (nSPS) is 18.5. The van der Waals surface area contributed by atoms with Crippen molar-refractivity contribution in [2.75, 3.05) is 18.4 Å². The summed E-state index contributed by atoms with van der Waals surface area (Å²) in [5.41, 5.74) is 4.29. The predicted octanol–water partition coefficient (Wildman–Crippen LogP) is 6.19. The van der Waals surface area contributed by atoms with Gasteiger partial charge in [-0.05, 0) is 55.8 Å². The number of hydrogen-bond acceptors (Lipinski definition) is 7. The Labute approximate surface area is 242 Å². The zero-order valence-corrected chi connectivity index (χ0v) is 23.3. The molecule has 41 heavy (non-hydrogen) atoms. The fourth-order valence-corrected chi connectivity index (χ4v) is 5.42. The maximum atomic E-state index is 14.8. The largest absolute Gasteiger partial charge is 0.324 e. The molecular formula is C31H28ClF2N7. The average Bonchev–Trinajstić information content (AvgIpc) is 3.09. The number of fused-ring (bicyclic) bond motifs is 3. The van der Waals surface area contributed by atoms with Gasteiger partial charge in [-0.2, -0.15) is 5.10 Å².